The van der Waals surface area contributed by atoms with E-state index in [9.17, 15) is 0 Å². The second-order valence-electron chi connectivity index (χ2n) is 9.13. The normalized spacial score (nSPS) is 17.4. The number of nitrogens with one attached hydrogen (secondary N) is 1. The van der Waals surface area contributed by atoms with Crippen molar-refractivity contribution in [2.24, 2.45) is 0 Å². The molecular weight excluding hydrogens is 415 g/mol. The van der Waals surface area contributed by atoms with E-state index < -0.39 is 6.17 Å². The molecule has 0 unspecified atom stereocenters. The van der Waals surface area contributed by atoms with Gasteiger partial charge in [0.15, 0.2) is 0 Å². The van der Waals surface area contributed by atoms with Crippen molar-refractivity contribution in [3.8, 4) is 5.69 Å². The fourth-order valence-corrected chi connectivity index (χ4v) is 4.84. The molecule has 2 aromatic heterocycles. The smallest absolute Gasteiger partial charge is 0.123 e. The van der Waals surface area contributed by atoms with Gasteiger partial charge in [0.25, 0.3) is 0 Å². The Balaban J connectivity index is 1.14. The largest absolute Gasteiger partial charge is 0.361 e. The van der Waals surface area contributed by atoms with E-state index in [4.69, 9.17) is 0 Å². The van der Waals surface area contributed by atoms with Gasteiger partial charge in [0.1, 0.15) is 18.8 Å². The monoisotopic (exact) mass is 446 g/mol. The van der Waals surface area contributed by atoms with Crippen LogP contribution in [0.3, 0.4) is 0 Å². The molecule has 1 saturated heterocycles. The minimum atomic E-state index is -0.891. The van der Waals surface area contributed by atoms with Gasteiger partial charge in [-0.2, -0.15) is 0 Å². The van der Waals surface area contributed by atoms with Crippen molar-refractivity contribution in [2.45, 2.75) is 25.4 Å². The van der Waals surface area contributed by atoms with Crippen molar-refractivity contribution in [1.82, 2.24) is 29.5 Å². The summed E-state index contributed by atoms with van der Waals surface area (Å²) in [4.78, 5) is 8.06. The van der Waals surface area contributed by atoms with Crippen molar-refractivity contribution >= 4 is 10.9 Å². The molecule has 1 fully saturated rings. The van der Waals surface area contributed by atoms with Crippen LogP contribution in [0.4, 0.5) is 4.39 Å². The number of nitrogens with zero attached hydrogens (tertiary/aromatic N) is 5. The van der Waals surface area contributed by atoms with E-state index in [0.717, 1.165) is 54.9 Å². The number of alkyl halides is 1. The molecule has 7 heteroatoms. The molecule has 6 nitrogen and oxygen atoms in total. The molecule has 4 aromatic rings. The molecule has 0 amide bonds. The van der Waals surface area contributed by atoms with Gasteiger partial charge in [0.05, 0.1) is 0 Å². The third kappa shape index (κ3) is 5.15. The lowest BCUT2D eigenvalue weighted by Crippen LogP contribution is -2.49. The van der Waals surface area contributed by atoms with Gasteiger partial charge in [-0.05, 0) is 35.2 Å². The molecule has 2 aromatic carbocycles. The van der Waals surface area contributed by atoms with Crippen molar-refractivity contribution in [1.29, 1.82) is 0 Å². The van der Waals surface area contributed by atoms with Crippen molar-refractivity contribution in [2.75, 3.05) is 39.3 Å². The molecule has 2 atom stereocenters. The quantitative estimate of drug-likeness (QED) is 0.444. The number of rotatable bonds is 8. The van der Waals surface area contributed by atoms with Crippen LogP contribution in [0.2, 0.25) is 0 Å². The number of benzene rings is 2. The van der Waals surface area contributed by atoms with Gasteiger partial charge in [-0.1, -0.05) is 37.3 Å². The van der Waals surface area contributed by atoms with Crippen LogP contribution in [-0.2, 0) is 6.42 Å². The summed E-state index contributed by atoms with van der Waals surface area (Å²) in [5, 5.41) is 8.81. The summed E-state index contributed by atoms with van der Waals surface area (Å²) >= 11 is 0. The first-order valence-electron chi connectivity index (χ1n) is 11.7. The van der Waals surface area contributed by atoms with Crippen LogP contribution in [-0.4, -0.2) is 75.0 Å². The molecule has 0 bridgehead atoms. The number of fused-ring (bicyclic) bond motifs is 1. The van der Waals surface area contributed by atoms with E-state index in [1.54, 1.807) is 12.7 Å². The highest BCUT2D eigenvalue weighted by Crippen LogP contribution is 2.24. The van der Waals surface area contributed by atoms with Crippen molar-refractivity contribution in [3.63, 3.8) is 0 Å². The summed E-state index contributed by atoms with van der Waals surface area (Å²) in [5.74, 6) is 0.511. The van der Waals surface area contributed by atoms with Crippen molar-refractivity contribution in [3.05, 3.63) is 78.5 Å². The molecule has 1 aliphatic rings. The zero-order chi connectivity index (χ0) is 22.6. The first-order chi connectivity index (χ1) is 16.2. The van der Waals surface area contributed by atoms with E-state index in [-0.39, 0.29) is 0 Å². The van der Waals surface area contributed by atoms with E-state index in [2.05, 4.69) is 68.3 Å². The summed E-state index contributed by atoms with van der Waals surface area (Å²) in [6.07, 6.45) is 4.81. The zero-order valence-corrected chi connectivity index (χ0v) is 19.1. The molecule has 0 aliphatic carbocycles. The lowest BCUT2D eigenvalue weighted by Gasteiger charge is -2.36. The van der Waals surface area contributed by atoms with Gasteiger partial charge >= 0.3 is 0 Å². The number of aromatic amines is 1. The molecule has 0 saturated carbocycles. The predicted octanol–water partition coefficient (Wildman–Crippen LogP) is 4.05. The van der Waals surface area contributed by atoms with Gasteiger partial charge in [-0.25, -0.2) is 4.39 Å². The number of H-pyrrole nitrogens is 1. The Morgan fingerprint density at radius 1 is 0.939 bits per heavy atom. The second-order valence-corrected chi connectivity index (χ2v) is 9.13. The van der Waals surface area contributed by atoms with Crippen LogP contribution in [0.25, 0.3) is 16.6 Å². The summed E-state index contributed by atoms with van der Waals surface area (Å²) in [6, 6.07) is 16.8. The Hall–Kier alpha value is -3.03. The number of hydrogen-bond donors (Lipinski definition) is 1. The standard InChI is InChI=1S/C26H31FN6/c1-20(21-5-3-2-4-6-21)16-31-9-11-32(12-10-31)17-23(27)13-22-15-28-26-8-7-24(14-25(22)26)33-18-29-30-19-33/h2-8,14-15,18-20,23,28H,9-13,16-17H2,1H3/t20-,23-/m0/s1. The maximum atomic E-state index is 15.1. The average molecular weight is 447 g/mol. The predicted molar refractivity (Wildman–Crippen MR) is 130 cm³/mol. The van der Waals surface area contributed by atoms with Crippen LogP contribution < -0.4 is 0 Å². The Labute approximate surface area is 194 Å². The molecule has 0 radical (unpaired) electrons. The van der Waals surface area contributed by atoms with Crippen LogP contribution in [0.5, 0.6) is 0 Å². The number of aromatic nitrogens is 4. The van der Waals surface area contributed by atoms with Crippen LogP contribution in [0.1, 0.15) is 24.0 Å². The number of hydrogen-bond acceptors (Lipinski definition) is 4. The summed E-state index contributed by atoms with van der Waals surface area (Å²) in [6.45, 7) is 7.68. The molecule has 3 heterocycles. The number of halogens is 1. The molecule has 33 heavy (non-hydrogen) atoms. The average Bonchev–Trinajstić information content (AvgIpc) is 3.51. The Morgan fingerprint density at radius 2 is 1.64 bits per heavy atom. The Kier molecular flexibility index (Phi) is 6.51. The highest BCUT2D eigenvalue weighted by Gasteiger charge is 2.22. The topological polar surface area (TPSA) is 53.0 Å². The van der Waals surface area contributed by atoms with E-state index >= 15 is 4.39 Å². The molecule has 0 spiro atoms. The minimum Gasteiger partial charge on any atom is -0.361 e. The van der Waals surface area contributed by atoms with Gasteiger partial charge in [0, 0.05) is 68.5 Å². The summed E-state index contributed by atoms with van der Waals surface area (Å²) in [7, 11) is 0. The Morgan fingerprint density at radius 3 is 2.36 bits per heavy atom. The molecular formula is C26H31FN6. The highest BCUT2D eigenvalue weighted by atomic mass is 19.1. The minimum absolute atomic E-state index is 0.414. The van der Waals surface area contributed by atoms with Crippen LogP contribution >= 0.6 is 0 Å². The maximum absolute atomic E-state index is 15.1. The lowest BCUT2D eigenvalue weighted by atomic mass is 10.0. The molecule has 172 valence electrons. The summed E-state index contributed by atoms with van der Waals surface area (Å²) in [5.41, 5.74) is 4.40. The van der Waals surface area contributed by atoms with Crippen LogP contribution in [0.15, 0.2) is 67.4 Å². The van der Waals surface area contributed by atoms with Crippen molar-refractivity contribution < 1.29 is 4.39 Å². The highest BCUT2D eigenvalue weighted by molar-refractivity contribution is 5.85. The van der Waals surface area contributed by atoms with Gasteiger partial charge in [-0.3, -0.25) is 9.47 Å². The number of piperazine rings is 1. The first-order valence-corrected chi connectivity index (χ1v) is 11.7. The maximum Gasteiger partial charge on any atom is 0.123 e. The molecule has 5 rings (SSSR count). The molecule has 1 aliphatic heterocycles. The SMILES string of the molecule is C[C@@H](CN1CCN(C[C@@H](F)Cc2c[nH]c3ccc(-n4cnnc4)cc23)CC1)c1ccccc1. The van der Waals surface area contributed by atoms with Gasteiger partial charge in [-0.15, -0.1) is 10.2 Å². The second kappa shape index (κ2) is 9.85. The van der Waals surface area contributed by atoms with E-state index in [0.29, 0.717) is 18.9 Å². The first kappa shape index (κ1) is 21.8. The third-order valence-corrected chi connectivity index (χ3v) is 6.73. The molecule has 1 N–H and O–H groups in total. The summed E-state index contributed by atoms with van der Waals surface area (Å²) < 4.78 is 16.9. The Bertz CT molecular complexity index is 1150. The van der Waals surface area contributed by atoms with Crippen LogP contribution in [0, 0.1) is 0 Å². The van der Waals surface area contributed by atoms with E-state index in [1.165, 1.54) is 5.56 Å². The lowest BCUT2D eigenvalue weighted by molar-refractivity contribution is 0.104. The van der Waals surface area contributed by atoms with Gasteiger partial charge in [0.2, 0.25) is 0 Å². The fraction of sp³-hybridized carbons (Fsp3) is 0.385. The zero-order valence-electron chi connectivity index (χ0n) is 19.1. The van der Waals surface area contributed by atoms with E-state index in [1.807, 2.05) is 22.9 Å². The third-order valence-electron chi connectivity index (χ3n) is 6.73. The fourth-order valence-electron chi connectivity index (χ4n) is 4.84. The van der Waals surface area contributed by atoms with Gasteiger partial charge < -0.3 is 9.88 Å².